The summed E-state index contributed by atoms with van der Waals surface area (Å²) in [6.45, 7) is 8.26. The van der Waals surface area contributed by atoms with Crippen molar-refractivity contribution in [2.45, 2.75) is 95.9 Å². The SMILES string of the molecule is C1CC1.CC.O=C(NCCN1CC2(CC2)c2cc(F)ccc21)C(CC1CCCCC1)NC(=O)N1CCOCC1. The Morgan fingerprint density at radius 3 is 2.36 bits per heavy atom. The van der Waals surface area contributed by atoms with E-state index in [2.05, 4.69) is 15.5 Å². The number of fused-ring (bicyclic) bond motifs is 2. The van der Waals surface area contributed by atoms with Crippen molar-refractivity contribution in [1.29, 1.82) is 0 Å². The number of ether oxygens (including phenoxy) is 1. The summed E-state index contributed by atoms with van der Waals surface area (Å²) in [7, 11) is 0. The number of rotatable bonds is 7. The van der Waals surface area contributed by atoms with Crippen molar-refractivity contribution in [3.63, 3.8) is 0 Å². The lowest BCUT2D eigenvalue weighted by molar-refractivity contribution is -0.123. The van der Waals surface area contributed by atoms with Crippen LogP contribution in [0.4, 0.5) is 14.9 Å². The van der Waals surface area contributed by atoms with Gasteiger partial charge >= 0.3 is 6.03 Å². The van der Waals surface area contributed by atoms with E-state index in [0.717, 1.165) is 43.5 Å². The van der Waals surface area contributed by atoms with Crippen LogP contribution in [0.3, 0.4) is 0 Å². The molecule has 1 spiro atoms. The number of urea groups is 1. The minimum Gasteiger partial charge on any atom is -0.378 e. The molecule has 2 heterocycles. The Kier molecular flexibility index (Phi) is 10.9. The molecule has 0 radical (unpaired) electrons. The molecule has 3 saturated carbocycles. The number of amides is 3. The Bertz CT molecular complexity index is 937. The third kappa shape index (κ3) is 8.32. The van der Waals surface area contributed by atoms with Crippen LogP contribution in [-0.2, 0) is 14.9 Å². The minimum atomic E-state index is -0.520. The number of halogens is 1. The number of nitrogens with zero attached hydrogens (tertiary/aromatic N) is 2. The number of hydrogen-bond donors (Lipinski definition) is 2. The number of hydrogen-bond acceptors (Lipinski definition) is 4. The lowest BCUT2D eigenvalue weighted by Gasteiger charge is -2.31. The first-order chi connectivity index (χ1) is 19.0. The molecular formula is C31H49FN4O3. The van der Waals surface area contributed by atoms with E-state index in [1.165, 1.54) is 44.6 Å². The fourth-order valence-corrected chi connectivity index (χ4v) is 5.95. The van der Waals surface area contributed by atoms with Crippen molar-refractivity contribution >= 4 is 17.6 Å². The van der Waals surface area contributed by atoms with E-state index < -0.39 is 6.04 Å². The second-order valence-electron chi connectivity index (χ2n) is 11.6. The van der Waals surface area contributed by atoms with Crippen LogP contribution in [0.5, 0.6) is 0 Å². The molecule has 1 aromatic carbocycles. The second-order valence-corrected chi connectivity index (χ2v) is 11.6. The van der Waals surface area contributed by atoms with Crippen LogP contribution in [0, 0.1) is 11.7 Å². The summed E-state index contributed by atoms with van der Waals surface area (Å²) in [5.74, 6) is 0.193. The molecule has 1 unspecified atom stereocenters. The summed E-state index contributed by atoms with van der Waals surface area (Å²) in [5.41, 5.74) is 2.32. The molecule has 2 aliphatic heterocycles. The first-order valence-corrected chi connectivity index (χ1v) is 15.5. The van der Waals surface area contributed by atoms with Crippen molar-refractivity contribution in [1.82, 2.24) is 15.5 Å². The maximum atomic E-state index is 13.8. The number of benzene rings is 1. The van der Waals surface area contributed by atoms with Gasteiger partial charge in [0.1, 0.15) is 11.9 Å². The largest absolute Gasteiger partial charge is 0.378 e. The van der Waals surface area contributed by atoms with E-state index in [-0.39, 0.29) is 23.2 Å². The van der Waals surface area contributed by atoms with Gasteiger partial charge in [0, 0.05) is 43.8 Å². The molecule has 0 bridgehead atoms. The molecule has 1 atom stereocenters. The van der Waals surface area contributed by atoms with Gasteiger partial charge in [0.25, 0.3) is 0 Å². The number of nitrogens with one attached hydrogen (secondary N) is 2. The number of morpholine rings is 1. The van der Waals surface area contributed by atoms with Crippen LogP contribution in [0.15, 0.2) is 18.2 Å². The van der Waals surface area contributed by atoms with Gasteiger partial charge in [-0.1, -0.05) is 65.2 Å². The molecule has 3 amide bonds. The zero-order valence-corrected chi connectivity index (χ0v) is 24.1. The molecule has 4 fully saturated rings. The van der Waals surface area contributed by atoms with Gasteiger partial charge in [-0.2, -0.15) is 0 Å². The Morgan fingerprint density at radius 1 is 1.05 bits per heavy atom. The number of carbonyl (C=O) groups excluding carboxylic acids is 2. The predicted molar refractivity (Wildman–Crippen MR) is 154 cm³/mol. The Labute approximate surface area is 234 Å². The van der Waals surface area contributed by atoms with Gasteiger partial charge in [-0.05, 0) is 48.9 Å². The van der Waals surface area contributed by atoms with Crippen LogP contribution in [-0.4, -0.2) is 68.8 Å². The van der Waals surface area contributed by atoms with Gasteiger partial charge in [0.2, 0.25) is 5.91 Å². The Morgan fingerprint density at radius 2 is 1.72 bits per heavy atom. The van der Waals surface area contributed by atoms with E-state index in [0.29, 0.717) is 51.7 Å². The van der Waals surface area contributed by atoms with Crippen LogP contribution < -0.4 is 15.5 Å². The Balaban J connectivity index is 0.000000648. The second kappa shape index (κ2) is 14.3. The summed E-state index contributed by atoms with van der Waals surface area (Å²) >= 11 is 0. The molecule has 5 aliphatic rings. The van der Waals surface area contributed by atoms with Crippen molar-refractivity contribution in [3.8, 4) is 0 Å². The van der Waals surface area contributed by atoms with Gasteiger partial charge in [-0.3, -0.25) is 4.79 Å². The summed E-state index contributed by atoms with van der Waals surface area (Å²) in [6, 6.07) is 4.38. The molecule has 8 heteroatoms. The molecule has 3 aliphatic carbocycles. The first-order valence-electron chi connectivity index (χ1n) is 15.5. The maximum Gasteiger partial charge on any atom is 0.318 e. The van der Waals surface area contributed by atoms with Crippen LogP contribution >= 0.6 is 0 Å². The van der Waals surface area contributed by atoms with E-state index in [4.69, 9.17) is 4.74 Å². The van der Waals surface area contributed by atoms with Gasteiger partial charge < -0.3 is 25.2 Å². The van der Waals surface area contributed by atoms with Crippen molar-refractivity contribution in [2.75, 3.05) is 50.8 Å². The van der Waals surface area contributed by atoms with Crippen molar-refractivity contribution in [3.05, 3.63) is 29.6 Å². The van der Waals surface area contributed by atoms with Crippen LogP contribution in [0.1, 0.15) is 90.0 Å². The summed E-state index contributed by atoms with van der Waals surface area (Å²) < 4.78 is 19.2. The highest BCUT2D eigenvalue weighted by Gasteiger charge is 2.51. The van der Waals surface area contributed by atoms with E-state index in [1.54, 1.807) is 11.0 Å². The summed E-state index contributed by atoms with van der Waals surface area (Å²) in [6.07, 6.45) is 13.3. The molecule has 218 valence electrons. The lowest BCUT2D eigenvalue weighted by atomic mass is 9.84. The van der Waals surface area contributed by atoms with Crippen LogP contribution in [0.25, 0.3) is 0 Å². The fourth-order valence-electron chi connectivity index (χ4n) is 5.95. The number of anilines is 1. The van der Waals surface area contributed by atoms with Crippen molar-refractivity contribution in [2.24, 2.45) is 5.92 Å². The quantitative estimate of drug-likeness (QED) is 0.484. The highest BCUT2D eigenvalue weighted by atomic mass is 19.1. The number of carbonyl (C=O) groups is 2. The van der Waals surface area contributed by atoms with E-state index in [9.17, 15) is 14.0 Å². The highest BCUT2D eigenvalue weighted by molar-refractivity contribution is 5.87. The third-order valence-electron chi connectivity index (χ3n) is 8.46. The average Bonchev–Trinajstić information content (AvgIpc) is 3.90. The van der Waals surface area contributed by atoms with E-state index in [1.807, 2.05) is 19.9 Å². The molecule has 1 saturated heterocycles. The molecule has 2 N–H and O–H groups in total. The lowest BCUT2D eigenvalue weighted by Crippen LogP contribution is -2.54. The minimum absolute atomic E-state index is 0.105. The molecule has 1 aromatic rings. The smallest absolute Gasteiger partial charge is 0.318 e. The van der Waals surface area contributed by atoms with Gasteiger partial charge in [-0.25, -0.2) is 9.18 Å². The third-order valence-corrected chi connectivity index (χ3v) is 8.46. The Hall–Kier alpha value is -2.35. The van der Waals surface area contributed by atoms with Crippen LogP contribution in [0.2, 0.25) is 0 Å². The highest BCUT2D eigenvalue weighted by Crippen LogP contribution is 2.56. The van der Waals surface area contributed by atoms with Crippen molar-refractivity contribution < 1.29 is 18.7 Å². The normalized spacial score (nSPS) is 21.5. The van der Waals surface area contributed by atoms with E-state index >= 15 is 0 Å². The first kappa shape index (κ1) is 29.6. The molecule has 7 nitrogen and oxygen atoms in total. The predicted octanol–water partition coefficient (Wildman–Crippen LogP) is 5.37. The standard InChI is InChI=1S/C26H37FN4O3.C3H6.C2H6/c27-20-6-7-23-21(17-20)26(8-9-26)18-31(23)11-10-28-24(32)22(16-19-4-2-1-3-5-19)29-25(33)30-12-14-34-15-13-30;1-2-3-1;1-2/h6-7,17,19,22H,1-5,8-16,18H2,(H,28,32)(H,29,33);1-3H2;1-2H3. The fraction of sp³-hybridized carbons (Fsp3) is 0.742. The summed E-state index contributed by atoms with van der Waals surface area (Å²) in [4.78, 5) is 30.0. The maximum absolute atomic E-state index is 13.8. The molecular weight excluding hydrogens is 495 g/mol. The molecule has 0 aromatic heterocycles. The molecule has 6 rings (SSSR count). The average molecular weight is 545 g/mol. The topological polar surface area (TPSA) is 73.9 Å². The van der Waals surface area contributed by atoms with Gasteiger partial charge in [-0.15, -0.1) is 0 Å². The zero-order valence-electron chi connectivity index (χ0n) is 24.1. The summed E-state index contributed by atoms with van der Waals surface area (Å²) in [5, 5.41) is 6.11. The molecule has 39 heavy (non-hydrogen) atoms. The van der Waals surface area contributed by atoms with Gasteiger partial charge in [0.05, 0.1) is 13.2 Å². The zero-order chi connectivity index (χ0) is 27.7. The monoisotopic (exact) mass is 544 g/mol. The van der Waals surface area contributed by atoms with Gasteiger partial charge in [0.15, 0.2) is 0 Å².